The van der Waals surface area contributed by atoms with Gasteiger partial charge in [-0.3, -0.25) is 14.5 Å². The summed E-state index contributed by atoms with van der Waals surface area (Å²) in [6.07, 6.45) is 1.55. The third-order valence-electron chi connectivity index (χ3n) is 6.89. The highest BCUT2D eigenvalue weighted by atomic mass is 35.5. The average molecular weight is 588 g/mol. The first-order chi connectivity index (χ1) is 18.8. The molecule has 0 saturated carbocycles. The molecule has 3 aromatic rings. The lowest BCUT2D eigenvalue weighted by Gasteiger charge is -2.31. The molecule has 3 heterocycles. The normalized spacial score (nSPS) is 17.9. The number of rotatable bonds is 9. The monoisotopic (exact) mass is 587 g/mol. The lowest BCUT2D eigenvalue weighted by Crippen LogP contribution is -2.36. The van der Waals surface area contributed by atoms with E-state index in [1.807, 2.05) is 22.8 Å². The van der Waals surface area contributed by atoms with Crippen molar-refractivity contribution < 1.29 is 24.2 Å². The number of aliphatic carboxylic acids is 1. The van der Waals surface area contributed by atoms with Gasteiger partial charge >= 0.3 is 5.97 Å². The Morgan fingerprint density at radius 2 is 1.95 bits per heavy atom. The highest BCUT2D eigenvalue weighted by Crippen LogP contribution is 2.35. The van der Waals surface area contributed by atoms with Gasteiger partial charge in [0.1, 0.15) is 11.9 Å². The van der Waals surface area contributed by atoms with E-state index in [1.54, 1.807) is 25.3 Å². The van der Waals surface area contributed by atoms with E-state index in [0.717, 1.165) is 35.1 Å². The van der Waals surface area contributed by atoms with Gasteiger partial charge in [-0.15, -0.1) is 11.8 Å². The zero-order valence-electron chi connectivity index (χ0n) is 21.5. The topological polar surface area (TPSA) is 93.0 Å². The Morgan fingerprint density at radius 3 is 2.67 bits per heavy atom. The summed E-state index contributed by atoms with van der Waals surface area (Å²) < 4.78 is 14.4. The van der Waals surface area contributed by atoms with Gasteiger partial charge < -0.3 is 24.5 Å². The molecule has 1 fully saturated rings. The first-order valence-electron chi connectivity index (χ1n) is 12.8. The van der Waals surface area contributed by atoms with Crippen molar-refractivity contribution >= 4 is 58.4 Å². The van der Waals surface area contributed by atoms with Crippen LogP contribution in [0.5, 0.6) is 5.75 Å². The number of carboxylic acid groups (broad SMARTS) is 1. The van der Waals surface area contributed by atoms with Crippen LogP contribution in [0.1, 0.15) is 28.4 Å². The standard InChI is InChI=1S/C28H30ClN3O5S2/c1-17(28(34)35)39-16-21-14-32-15-23(27(33)30-12-18-2-4-20(29)5-3-18)26(38)22-10-19(11-24(37-21)25(22)32)13-31-6-8-36-9-7-31/h2-5,10-11,15,17,21H,6-9,12-14,16H2,1H3,(H,30,33)(H,34,35). The van der Waals surface area contributed by atoms with Crippen molar-refractivity contribution in [1.29, 1.82) is 0 Å². The largest absolute Gasteiger partial charge is 0.485 e. The van der Waals surface area contributed by atoms with E-state index in [9.17, 15) is 14.7 Å². The summed E-state index contributed by atoms with van der Waals surface area (Å²) in [5, 5.41) is 13.2. The molecule has 2 aliphatic heterocycles. The molecule has 8 nitrogen and oxygen atoms in total. The second kappa shape index (κ2) is 12.3. The van der Waals surface area contributed by atoms with Crippen molar-refractivity contribution in [2.75, 3.05) is 32.1 Å². The number of thioether (sulfide) groups is 1. The van der Waals surface area contributed by atoms with E-state index in [1.165, 1.54) is 11.8 Å². The Kier molecular flexibility index (Phi) is 8.78. The molecule has 2 aliphatic rings. The Balaban J connectivity index is 1.47. The van der Waals surface area contributed by atoms with E-state index in [4.69, 9.17) is 33.3 Å². The van der Waals surface area contributed by atoms with Gasteiger partial charge in [0.05, 0.1) is 40.6 Å². The molecule has 206 valence electrons. The summed E-state index contributed by atoms with van der Waals surface area (Å²) in [6, 6.07) is 11.4. The molecule has 2 unspecified atom stereocenters. The molecular weight excluding hydrogens is 558 g/mol. The maximum absolute atomic E-state index is 13.4. The zero-order valence-corrected chi connectivity index (χ0v) is 23.9. The van der Waals surface area contributed by atoms with E-state index in [-0.39, 0.29) is 12.0 Å². The number of nitrogens with one attached hydrogen (secondary N) is 1. The highest BCUT2D eigenvalue weighted by molar-refractivity contribution is 8.00. The number of carboxylic acids is 1. The molecule has 11 heteroatoms. The van der Waals surface area contributed by atoms with Crippen LogP contribution in [0, 0.1) is 4.51 Å². The molecule has 0 spiro atoms. The molecule has 2 N–H and O–H groups in total. The number of halogens is 1. The fraction of sp³-hybridized carbons (Fsp3) is 0.393. The van der Waals surface area contributed by atoms with Crippen molar-refractivity contribution in [1.82, 2.24) is 14.8 Å². The van der Waals surface area contributed by atoms with E-state index in [0.29, 0.717) is 59.4 Å². The number of carbonyl (C=O) groups is 2. The van der Waals surface area contributed by atoms with Crippen LogP contribution in [0.4, 0.5) is 0 Å². The van der Waals surface area contributed by atoms with Crippen LogP contribution in [0.15, 0.2) is 42.6 Å². The van der Waals surface area contributed by atoms with Crippen LogP contribution >= 0.6 is 35.6 Å². The number of ether oxygens (including phenoxy) is 2. The average Bonchev–Trinajstić information content (AvgIpc) is 2.93. The van der Waals surface area contributed by atoms with Crippen molar-refractivity contribution in [2.45, 2.75) is 37.9 Å². The van der Waals surface area contributed by atoms with Crippen LogP contribution < -0.4 is 10.1 Å². The maximum atomic E-state index is 13.4. The van der Waals surface area contributed by atoms with Gasteiger partial charge in [0.15, 0.2) is 0 Å². The van der Waals surface area contributed by atoms with Gasteiger partial charge in [-0.2, -0.15) is 0 Å². The Morgan fingerprint density at radius 1 is 1.21 bits per heavy atom. The molecule has 0 aliphatic carbocycles. The minimum Gasteiger partial charge on any atom is -0.485 e. The number of nitrogens with zero attached hydrogens (tertiary/aromatic N) is 2. The van der Waals surface area contributed by atoms with Gasteiger partial charge in [0.25, 0.3) is 5.91 Å². The minimum absolute atomic E-state index is 0.252. The maximum Gasteiger partial charge on any atom is 0.316 e. The number of hydrogen-bond acceptors (Lipinski definition) is 7. The summed E-state index contributed by atoms with van der Waals surface area (Å²) in [7, 11) is 0. The number of benzene rings is 2. The molecule has 0 bridgehead atoms. The Hall–Kier alpha value is -2.63. The fourth-order valence-electron chi connectivity index (χ4n) is 4.79. The van der Waals surface area contributed by atoms with E-state index >= 15 is 0 Å². The van der Waals surface area contributed by atoms with E-state index < -0.39 is 11.2 Å². The molecule has 1 amide bonds. The van der Waals surface area contributed by atoms with Crippen LogP contribution in [0.25, 0.3) is 10.9 Å². The van der Waals surface area contributed by atoms with Gasteiger partial charge in [-0.25, -0.2) is 0 Å². The first-order valence-corrected chi connectivity index (χ1v) is 14.7. The van der Waals surface area contributed by atoms with Gasteiger partial charge in [0.2, 0.25) is 0 Å². The lowest BCUT2D eigenvalue weighted by atomic mass is 10.0. The smallest absolute Gasteiger partial charge is 0.316 e. The van der Waals surface area contributed by atoms with Crippen molar-refractivity contribution in [2.24, 2.45) is 0 Å². The van der Waals surface area contributed by atoms with Crippen molar-refractivity contribution in [3.05, 3.63) is 68.8 Å². The number of amides is 1. The number of hydrogen-bond donors (Lipinski definition) is 2. The van der Waals surface area contributed by atoms with Gasteiger partial charge in [0, 0.05) is 48.5 Å². The summed E-state index contributed by atoms with van der Waals surface area (Å²) in [5.41, 5.74) is 3.25. The minimum atomic E-state index is -0.853. The van der Waals surface area contributed by atoms with Crippen molar-refractivity contribution in [3.8, 4) is 5.75 Å². The van der Waals surface area contributed by atoms with Crippen LogP contribution in [0.3, 0.4) is 0 Å². The predicted molar refractivity (Wildman–Crippen MR) is 155 cm³/mol. The molecule has 2 atom stereocenters. The number of carbonyl (C=O) groups excluding carboxylic acids is 1. The molecule has 5 rings (SSSR count). The summed E-state index contributed by atoms with van der Waals surface area (Å²) in [4.78, 5) is 27.0. The molecule has 39 heavy (non-hydrogen) atoms. The van der Waals surface area contributed by atoms with Gasteiger partial charge in [-0.1, -0.05) is 36.0 Å². The third kappa shape index (κ3) is 6.58. The Bertz CT molecular complexity index is 1440. The first kappa shape index (κ1) is 27.9. The van der Waals surface area contributed by atoms with Gasteiger partial charge in [-0.05, 0) is 42.3 Å². The molecule has 2 aromatic carbocycles. The van der Waals surface area contributed by atoms with Crippen LogP contribution in [0.2, 0.25) is 5.02 Å². The summed E-state index contributed by atoms with van der Waals surface area (Å²) in [5.74, 6) is 0.102. The fourth-order valence-corrected chi connectivity index (χ4v) is 6.03. The second-order valence-electron chi connectivity index (χ2n) is 9.77. The highest BCUT2D eigenvalue weighted by Gasteiger charge is 2.26. The third-order valence-corrected chi connectivity index (χ3v) is 8.85. The van der Waals surface area contributed by atoms with Crippen molar-refractivity contribution in [3.63, 3.8) is 0 Å². The second-order valence-corrected chi connectivity index (χ2v) is 12.0. The molecule has 1 aromatic heterocycles. The summed E-state index contributed by atoms with van der Waals surface area (Å²) in [6.45, 7) is 6.30. The van der Waals surface area contributed by atoms with Crippen LogP contribution in [-0.4, -0.2) is 69.9 Å². The van der Waals surface area contributed by atoms with Crippen LogP contribution in [-0.2, 0) is 29.2 Å². The van der Waals surface area contributed by atoms with E-state index in [2.05, 4.69) is 16.3 Å². The predicted octanol–water partition coefficient (Wildman–Crippen LogP) is 4.75. The number of pyridine rings is 1. The molecular formula is C28H30ClN3O5S2. The lowest BCUT2D eigenvalue weighted by molar-refractivity contribution is -0.136. The Labute approximate surface area is 241 Å². The summed E-state index contributed by atoms with van der Waals surface area (Å²) >= 11 is 13.2. The quantitative estimate of drug-likeness (QED) is 0.346. The SMILES string of the molecule is CC(SCC1Cn2cc(C(=O)NCc3ccc(Cl)cc3)c(=S)c3cc(CN4CCOCC4)cc(c32)O1)C(=O)O. The molecule has 0 radical (unpaired) electrons. The number of aromatic nitrogens is 1. The molecule has 1 saturated heterocycles. The zero-order chi connectivity index (χ0) is 27.5. The number of morpholine rings is 1.